The molecule has 57 heavy (non-hydrogen) atoms. The van der Waals surface area contributed by atoms with Gasteiger partial charge in [-0.1, -0.05) is 30.3 Å². The molecule has 9 rings (SSSR count). The summed E-state index contributed by atoms with van der Waals surface area (Å²) >= 11 is 0. The van der Waals surface area contributed by atoms with Crippen LogP contribution in [0.25, 0.3) is 11.1 Å². The van der Waals surface area contributed by atoms with Crippen molar-refractivity contribution < 1.29 is 23.5 Å². The van der Waals surface area contributed by atoms with Crippen molar-refractivity contribution >= 4 is 40.2 Å². The van der Waals surface area contributed by atoms with E-state index >= 15 is 0 Å². The molecule has 1 atom stereocenters. The average Bonchev–Trinajstić information content (AvgIpc) is 3.43. The summed E-state index contributed by atoms with van der Waals surface area (Å²) < 4.78 is 19.5. The molecule has 0 bridgehead atoms. The Morgan fingerprint density at radius 3 is 2.14 bits per heavy atom. The maximum Gasteiger partial charge on any atom is 0.255 e. The maximum atomic E-state index is 14.0. The van der Waals surface area contributed by atoms with Crippen molar-refractivity contribution in [3.63, 3.8) is 0 Å². The molecule has 1 N–H and O–H groups in total. The first-order valence-electron chi connectivity index (χ1n) is 20.6. The van der Waals surface area contributed by atoms with Gasteiger partial charge in [0, 0.05) is 75.7 Å². The number of piperazine rings is 1. The third kappa shape index (κ3) is 7.55. The number of halogens is 1. The van der Waals surface area contributed by atoms with Crippen LogP contribution in [0.15, 0.2) is 84.9 Å². The van der Waals surface area contributed by atoms with Gasteiger partial charge in [0.25, 0.3) is 5.91 Å². The number of carbonyl (C=O) groups is 3. The summed E-state index contributed by atoms with van der Waals surface area (Å²) in [6, 6.07) is 27.9. The van der Waals surface area contributed by atoms with E-state index in [1.54, 1.807) is 24.1 Å². The number of nitrogens with zero attached hydrogens (tertiary/aromatic N) is 4. The highest BCUT2D eigenvalue weighted by molar-refractivity contribution is 6.05. The quantitative estimate of drug-likeness (QED) is 0.195. The van der Waals surface area contributed by atoms with Gasteiger partial charge in [-0.05, 0) is 138 Å². The molecule has 0 radical (unpaired) electrons. The number of hydrogen-bond donors (Lipinski definition) is 1. The van der Waals surface area contributed by atoms with Crippen LogP contribution < -0.4 is 19.9 Å². The minimum Gasteiger partial charge on any atom is -0.497 e. The molecule has 10 heteroatoms. The van der Waals surface area contributed by atoms with Crippen LogP contribution in [0.5, 0.6) is 5.75 Å². The molecule has 4 aliphatic heterocycles. The number of allylic oxidation sites excluding steroid dienone is 1. The zero-order valence-corrected chi connectivity index (χ0v) is 32.6. The Kier molecular flexibility index (Phi) is 10.3. The molecule has 294 valence electrons. The number of rotatable bonds is 8. The van der Waals surface area contributed by atoms with Crippen molar-refractivity contribution in [3.05, 3.63) is 124 Å². The lowest BCUT2D eigenvalue weighted by molar-refractivity contribution is -0.136. The topological polar surface area (TPSA) is 85.4 Å². The Morgan fingerprint density at radius 2 is 1.40 bits per heavy atom. The third-order valence-electron chi connectivity index (χ3n) is 12.8. The maximum absolute atomic E-state index is 14.0. The summed E-state index contributed by atoms with van der Waals surface area (Å²) in [5.74, 6) is 0.545. The van der Waals surface area contributed by atoms with E-state index < -0.39 is 6.04 Å². The number of methoxy groups -OCH3 is 1. The number of benzene rings is 4. The summed E-state index contributed by atoms with van der Waals surface area (Å²) in [5.41, 5.74) is 11.2. The van der Waals surface area contributed by atoms with Gasteiger partial charge in [0.2, 0.25) is 11.8 Å². The van der Waals surface area contributed by atoms with E-state index in [9.17, 15) is 18.8 Å². The molecule has 5 aliphatic rings. The van der Waals surface area contributed by atoms with E-state index in [1.807, 2.05) is 30.3 Å². The minimum atomic E-state index is -0.594. The number of anilines is 2. The molecule has 4 heterocycles. The van der Waals surface area contributed by atoms with Crippen LogP contribution in [-0.2, 0) is 22.6 Å². The number of carbonyl (C=O) groups excluding carboxylic acids is 3. The molecule has 4 aromatic rings. The molecule has 0 saturated carbocycles. The number of hydrogen-bond acceptors (Lipinski definition) is 7. The zero-order valence-electron chi connectivity index (χ0n) is 32.6. The first kappa shape index (κ1) is 37.1. The van der Waals surface area contributed by atoms with E-state index in [1.165, 1.54) is 46.4 Å². The smallest absolute Gasteiger partial charge is 0.255 e. The Morgan fingerprint density at radius 1 is 0.702 bits per heavy atom. The Balaban J connectivity index is 0.806. The second-order valence-corrected chi connectivity index (χ2v) is 16.2. The standard InChI is InChI=1S/C47H50FN5O4/c1-57-39-14-16-41-34(28-39)3-2-4-40(32-5-9-36(48)10-6-32)45(41)33-7-11-37(12-8-33)51-21-19-31(20-22-51)29-50-23-25-52(26-24-50)38-13-15-42-35(27-38)30-53(47(42)56)43-17-18-44(54)49-46(43)55/h5-16,27-28,31,43H,2-4,17-26,29-30H2,1H3,(H,49,54,55)/t43-/m0/s1. The molecule has 0 unspecified atom stereocenters. The largest absolute Gasteiger partial charge is 0.497 e. The number of aryl methyl sites for hydroxylation is 1. The summed E-state index contributed by atoms with van der Waals surface area (Å²) in [6.45, 7) is 7.48. The van der Waals surface area contributed by atoms with Crippen LogP contribution in [0.1, 0.15) is 76.7 Å². The van der Waals surface area contributed by atoms with E-state index in [0.29, 0.717) is 24.4 Å². The predicted molar refractivity (Wildman–Crippen MR) is 221 cm³/mol. The van der Waals surface area contributed by atoms with Crippen LogP contribution >= 0.6 is 0 Å². The van der Waals surface area contributed by atoms with E-state index in [0.717, 1.165) is 87.6 Å². The molecule has 9 nitrogen and oxygen atoms in total. The van der Waals surface area contributed by atoms with Crippen molar-refractivity contribution in [1.82, 2.24) is 15.1 Å². The predicted octanol–water partition coefficient (Wildman–Crippen LogP) is 6.93. The number of piperidine rings is 2. The highest BCUT2D eigenvalue weighted by Crippen LogP contribution is 2.41. The molecule has 3 fully saturated rings. The third-order valence-corrected chi connectivity index (χ3v) is 12.8. The first-order chi connectivity index (χ1) is 27.8. The van der Waals surface area contributed by atoms with Crippen molar-refractivity contribution in [2.45, 2.75) is 57.5 Å². The molecule has 3 amide bonds. The fourth-order valence-corrected chi connectivity index (χ4v) is 9.68. The normalized spacial score (nSPS) is 20.7. The number of amides is 3. The molecule has 0 spiro atoms. The Labute approximate surface area is 334 Å². The summed E-state index contributed by atoms with van der Waals surface area (Å²) in [7, 11) is 1.72. The van der Waals surface area contributed by atoms with Crippen LogP contribution in [0.3, 0.4) is 0 Å². The molecule has 4 aromatic carbocycles. The van der Waals surface area contributed by atoms with E-state index in [2.05, 4.69) is 62.5 Å². The van der Waals surface area contributed by atoms with Gasteiger partial charge in [-0.25, -0.2) is 4.39 Å². The van der Waals surface area contributed by atoms with Gasteiger partial charge in [0.05, 0.1) is 7.11 Å². The zero-order chi connectivity index (χ0) is 39.0. The molecule has 0 aromatic heterocycles. The van der Waals surface area contributed by atoms with E-state index in [4.69, 9.17) is 4.74 Å². The monoisotopic (exact) mass is 767 g/mol. The lowest BCUT2D eigenvalue weighted by Crippen LogP contribution is -2.52. The summed E-state index contributed by atoms with van der Waals surface area (Å²) in [5, 5.41) is 2.39. The lowest BCUT2D eigenvalue weighted by atomic mass is 9.87. The highest BCUT2D eigenvalue weighted by atomic mass is 19.1. The Hall–Kier alpha value is -5.48. The number of nitrogens with one attached hydrogen (secondary N) is 1. The second kappa shape index (κ2) is 15.8. The molecular weight excluding hydrogens is 718 g/mol. The van der Waals surface area contributed by atoms with E-state index in [-0.39, 0.29) is 30.0 Å². The van der Waals surface area contributed by atoms with Crippen LogP contribution in [0, 0.1) is 11.7 Å². The first-order valence-corrected chi connectivity index (χ1v) is 20.6. The van der Waals surface area contributed by atoms with Gasteiger partial charge < -0.3 is 19.4 Å². The SMILES string of the molecule is COc1ccc2c(c1)CCCC(c1ccc(F)cc1)=C2c1ccc(N2CCC(CN3CCN(c4ccc5c(c4)CN([C@H]4CCC(=O)NC4=O)C5=O)CC3)CC2)cc1. The van der Waals surface area contributed by atoms with Gasteiger partial charge in [0.15, 0.2) is 0 Å². The van der Waals surface area contributed by atoms with Gasteiger partial charge in [0.1, 0.15) is 17.6 Å². The molecular formula is C47H50FN5O4. The van der Waals surface area contributed by atoms with Crippen molar-refractivity contribution in [1.29, 1.82) is 0 Å². The van der Waals surface area contributed by atoms with Crippen molar-refractivity contribution in [2.75, 3.05) is 62.7 Å². The van der Waals surface area contributed by atoms with Crippen LogP contribution in [-0.4, -0.2) is 86.5 Å². The number of ether oxygens (including phenoxy) is 1. The van der Waals surface area contributed by atoms with Gasteiger partial charge in [-0.2, -0.15) is 0 Å². The van der Waals surface area contributed by atoms with Crippen molar-refractivity contribution in [3.8, 4) is 5.75 Å². The van der Waals surface area contributed by atoms with Gasteiger partial charge in [-0.3, -0.25) is 24.6 Å². The van der Waals surface area contributed by atoms with Crippen molar-refractivity contribution in [2.24, 2.45) is 5.92 Å². The Bertz CT molecular complexity index is 2200. The van der Waals surface area contributed by atoms with Crippen LogP contribution in [0.4, 0.5) is 15.8 Å². The van der Waals surface area contributed by atoms with Gasteiger partial charge in [-0.15, -0.1) is 0 Å². The number of imide groups is 1. The minimum absolute atomic E-state index is 0.128. The fourth-order valence-electron chi connectivity index (χ4n) is 9.68. The number of fused-ring (bicyclic) bond motifs is 2. The highest BCUT2D eigenvalue weighted by Gasteiger charge is 2.39. The molecule has 3 saturated heterocycles. The summed E-state index contributed by atoms with van der Waals surface area (Å²) in [4.78, 5) is 46.5. The second-order valence-electron chi connectivity index (χ2n) is 16.2. The average molecular weight is 768 g/mol. The summed E-state index contributed by atoms with van der Waals surface area (Å²) in [6.07, 6.45) is 5.87. The lowest BCUT2D eigenvalue weighted by Gasteiger charge is -2.40. The van der Waals surface area contributed by atoms with Crippen LogP contribution in [0.2, 0.25) is 0 Å². The van der Waals surface area contributed by atoms with Gasteiger partial charge >= 0.3 is 0 Å². The molecule has 1 aliphatic carbocycles. The fraction of sp³-hybridized carbons (Fsp3) is 0.383.